The molecule has 6 heteroatoms. The number of benzene rings is 1. The van der Waals surface area contributed by atoms with Gasteiger partial charge >= 0.3 is 0 Å². The standard InChI is InChI=1S/C23H30FN5/c1-5-29(6-2)13-7-8-16(3)26-23-25-15-19-14-18(9-11-21(19)28-23)20-10-12-22(24)27-17(20)4/h9-12,14-16H,5-8,13H2,1-4H3,(H,25,26,28)/t16-/m1/s1. The number of aryl methyl sites for hydroxylation is 1. The zero-order chi connectivity index (χ0) is 20.8. The lowest BCUT2D eigenvalue weighted by Gasteiger charge is -2.19. The average Bonchev–Trinajstić information content (AvgIpc) is 2.71. The molecule has 2 aromatic heterocycles. The first-order chi connectivity index (χ1) is 14.0. The molecule has 0 aliphatic carbocycles. The summed E-state index contributed by atoms with van der Waals surface area (Å²) < 4.78 is 13.3. The molecule has 3 rings (SSSR count). The number of rotatable bonds is 9. The van der Waals surface area contributed by atoms with Crippen molar-refractivity contribution < 1.29 is 4.39 Å². The Balaban J connectivity index is 1.67. The van der Waals surface area contributed by atoms with Crippen molar-refractivity contribution in [1.29, 1.82) is 0 Å². The minimum Gasteiger partial charge on any atom is -0.352 e. The van der Waals surface area contributed by atoms with Crippen molar-refractivity contribution >= 4 is 16.9 Å². The van der Waals surface area contributed by atoms with E-state index < -0.39 is 5.95 Å². The first kappa shape index (κ1) is 21.1. The predicted molar refractivity (Wildman–Crippen MR) is 118 cm³/mol. The minimum atomic E-state index is -0.461. The van der Waals surface area contributed by atoms with Gasteiger partial charge in [-0.2, -0.15) is 4.39 Å². The highest BCUT2D eigenvalue weighted by molar-refractivity contribution is 5.84. The third kappa shape index (κ3) is 5.48. The molecule has 0 unspecified atom stereocenters. The molecule has 3 aromatic rings. The minimum absolute atomic E-state index is 0.315. The molecule has 0 aliphatic rings. The Labute approximate surface area is 172 Å². The number of hydrogen-bond donors (Lipinski definition) is 1. The fourth-order valence-corrected chi connectivity index (χ4v) is 3.56. The van der Waals surface area contributed by atoms with Crippen LogP contribution in [0.25, 0.3) is 22.0 Å². The summed E-state index contributed by atoms with van der Waals surface area (Å²) in [7, 11) is 0. The van der Waals surface area contributed by atoms with Crippen LogP contribution in [0.4, 0.5) is 10.3 Å². The Morgan fingerprint density at radius 2 is 1.90 bits per heavy atom. The Bertz CT molecular complexity index is 955. The fourth-order valence-electron chi connectivity index (χ4n) is 3.56. The van der Waals surface area contributed by atoms with E-state index >= 15 is 0 Å². The van der Waals surface area contributed by atoms with Crippen LogP contribution < -0.4 is 5.32 Å². The van der Waals surface area contributed by atoms with Gasteiger partial charge in [0.1, 0.15) is 0 Å². The van der Waals surface area contributed by atoms with E-state index in [0.717, 1.165) is 54.5 Å². The van der Waals surface area contributed by atoms with E-state index in [-0.39, 0.29) is 0 Å². The van der Waals surface area contributed by atoms with Crippen molar-refractivity contribution in [2.75, 3.05) is 25.0 Å². The maximum absolute atomic E-state index is 13.3. The lowest BCUT2D eigenvalue weighted by Crippen LogP contribution is -2.25. The second-order valence-corrected chi connectivity index (χ2v) is 7.45. The molecule has 5 nitrogen and oxygen atoms in total. The molecule has 0 spiro atoms. The summed E-state index contributed by atoms with van der Waals surface area (Å²) >= 11 is 0. The molecule has 29 heavy (non-hydrogen) atoms. The zero-order valence-electron chi connectivity index (χ0n) is 17.7. The Morgan fingerprint density at radius 1 is 1.10 bits per heavy atom. The Hall–Kier alpha value is -2.60. The van der Waals surface area contributed by atoms with Crippen LogP contribution in [0.3, 0.4) is 0 Å². The highest BCUT2D eigenvalue weighted by Crippen LogP contribution is 2.26. The summed E-state index contributed by atoms with van der Waals surface area (Å²) in [5.74, 6) is 0.192. The molecular formula is C23H30FN5. The summed E-state index contributed by atoms with van der Waals surface area (Å²) in [6.45, 7) is 11.7. The normalized spacial score (nSPS) is 12.5. The smallest absolute Gasteiger partial charge is 0.223 e. The second-order valence-electron chi connectivity index (χ2n) is 7.45. The van der Waals surface area contributed by atoms with E-state index in [1.54, 1.807) is 6.07 Å². The van der Waals surface area contributed by atoms with Crippen molar-refractivity contribution in [2.24, 2.45) is 0 Å². The number of pyridine rings is 1. The van der Waals surface area contributed by atoms with Gasteiger partial charge in [-0.1, -0.05) is 19.9 Å². The molecule has 2 heterocycles. The monoisotopic (exact) mass is 395 g/mol. The van der Waals surface area contributed by atoms with Gasteiger partial charge in [-0.25, -0.2) is 15.0 Å². The summed E-state index contributed by atoms with van der Waals surface area (Å²) in [4.78, 5) is 15.5. The summed E-state index contributed by atoms with van der Waals surface area (Å²) in [6, 6.07) is 9.46. The van der Waals surface area contributed by atoms with E-state index in [4.69, 9.17) is 0 Å². The molecule has 0 fully saturated rings. The third-order valence-corrected chi connectivity index (χ3v) is 5.32. The van der Waals surface area contributed by atoms with E-state index in [1.807, 2.05) is 31.3 Å². The van der Waals surface area contributed by atoms with Crippen LogP contribution in [0.1, 0.15) is 39.3 Å². The molecule has 0 bridgehead atoms. The lowest BCUT2D eigenvalue weighted by atomic mass is 10.0. The lowest BCUT2D eigenvalue weighted by molar-refractivity contribution is 0.295. The fraction of sp³-hybridized carbons (Fsp3) is 0.435. The summed E-state index contributed by atoms with van der Waals surface area (Å²) in [6.07, 6.45) is 4.06. The molecule has 1 aromatic carbocycles. The zero-order valence-corrected chi connectivity index (χ0v) is 17.7. The number of hydrogen-bond acceptors (Lipinski definition) is 5. The number of halogens is 1. The largest absolute Gasteiger partial charge is 0.352 e. The van der Waals surface area contributed by atoms with Crippen LogP contribution in [0.15, 0.2) is 36.5 Å². The van der Waals surface area contributed by atoms with Gasteiger partial charge in [-0.15, -0.1) is 0 Å². The van der Waals surface area contributed by atoms with Crippen molar-refractivity contribution in [3.8, 4) is 11.1 Å². The van der Waals surface area contributed by atoms with Crippen LogP contribution >= 0.6 is 0 Å². The maximum Gasteiger partial charge on any atom is 0.223 e. The maximum atomic E-state index is 13.3. The number of aromatic nitrogens is 3. The highest BCUT2D eigenvalue weighted by Gasteiger charge is 2.09. The molecule has 0 aliphatic heterocycles. The van der Waals surface area contributed by atoms with E-state index in [9.17, 15) is 4.39 Å². The first-order valence-corrected chi connectivity index (χ1v) is 10.4. The van der Waals surface area contributed by atoms with E-state index in [0.29, 0.717) is 17.7 Å². The van der Waals surface area contributed by atoms with Crippen molar-refractivity contribution in [2.45, 2.75) is 46.6 Å². The molecule has 0 saturated carbocycles. The van der Waals surface area contributed by atoms with Crippen molar-refractivity contribution in [1.82, 2.24) is 19.9 Å². The van der Waals surface area contributed by atoms with Crippen LogP contribution in [0, 0.1) is 12.9 Å². The number of nitrogens with zero attached hydrogens (tertiary/aromatic N) is 4. The van der Waals surface area contributed by atoms with Gasteiger partial charge in [-0.05, 0) is 76.2 Å². The third-order valence-electron chi connectivity index (χ3n) is 5.32. The van der Waals surface area contributed by atoms with E-state index in [1.165, 1.54) is 6.07 Å². The van der Waals surface area contributed by atoms with Gasteiger partial charge in [-0.3, -0.25) is 0 Å². The number of nitrogens with one attached hydrogen (secondary N) is 1. The highest BCUT2D eigenvalue weighted by atomic mass is 19.1. The van der Waals surface area contributed by atoms with Crippen LogP contribution in [-0.4, -0.2) is 45.5 Å². The Kier molecular flexibility index (Phi) is 7.09. The number of fused-ring (bicyclic) bond motifs is 1. The van der Waals surface area contributed by atoms with Gasteiger partial charge in [0.2, 0.25) is 11.9 Å². The van der Waals surface area contributed by atoms with Gasteiger partial charge in [0, 0.05) is 28.9 Å². The summed E-state index contributed by atoms with van der Waals surface area (Å²) in [5.41, 5.74) is 3.45. The molecule has 0 amide bonds. The molecular weight excluding hydrogens is 365 g/mol. The molecule has 0 saturated heterocycles. The van der Waals surface area contributed by atoms with Crippen molar-refractivity contribution in [3.63, 3.8) is 0 Å². The van der Waals surface area contributed by atoms with Crippen LogP contribution in [-0.2, 0) is 0 Å². The molecule has 154 valence electrons. The van der Waals surface area contributed by atoms with Gasteiger partial charge in [0.05, 0.1) is 5.52 Å². The van der Waals surface area contributed by atoms with Crippen molar-refractivity contribution in [3.05, 3.63) is 48.2 Å². The van der Waals surface area contributed by atoms with Crippen LogP contribution in [0.2, 0.25) is 0 Å². The average molecular weight is 396 g/mol. The van der Waals surface area contributed by atoms with Gasteiger partial charge < -0.3 is 10.2 Å². The second kappa shape index (κ2) is 9.74. The topological polar surface area (TPSA) is 53.9 Å². The van der Waals surface area contributed by atoms with Gasteiger partial charge in [0.25, 0.3) is 0 Å². The quantitative estimate of drug-likeness (QED) is 0.513. The van der Waals surface area contributed by atoms with E-state index in [2.05, 4.69) is 45.9 Å². The van der Waals surface area contributed by atoms with Gasteiger partial charge in [0.15, 0.2) is 0 Å². The molecule has 1 atom stereocenters. The summed E-state index contributed by atoms with van der Waals surface area (Å²) in [5, 5.41) is 4.36. The molecule has 1 N–H and O–H groups in total. The Morgan fingerprint density at radius 3 is 2.62 bits per heavy atom. The SMILES string of the molecule is CCN(CC)CCC[C@@H](C)Nc1ncc2cc(-c3ccc(F)nc3C)ccc2n1. The molecule has 0 radical (unpaired) electrons. The first-order valence-electron chi connectivity index (χ1n) is 10.4. The predicted octanol–water partition coefficient (Wildman–Crippen LogP) is 5.06. The number of anilines is 1. The van der Waals surface area contributed by atoms with Crippen LogP contribution in [0.5, 0.6) is 0 Å².